The molecule has 0 fully saturated rings. The summed E-state index contributed by atoms with van der Waals surface area (Å²) >= 11 is 0. The molecule has 0 aromatic rings. The van der Waals surface area contributed by atoms with Gasteiger partial charge in [-0.3, -0.25) is 19.0 Å². The van der Waals surface area contributed by atoms with Gasteiger partial charge >= 0.3 is 8.69 Å². The van der Waals surface area contributed by atoms with E-state index in [1.54, 1.807) is 0 Å². The molecule has 64 valence electrons. The van der Waals surface area contributed by atoms with E-state index in [-0.39, 0.29) is 25.0 Å². The molecule has 0 saturated carbocycles. The first-order valence-electron chi connectivity index (χ1n) is 3.24. The summed E-state index contributed by atoms with van der Waals surface area (Å²) in [5.74, 6) is -0.711. The fraction of sp³-hybridized carbons (Fsp3) is 0.333. The second-order valence-electron chi connectivity index (χ2n) is 2.07. The van der Waals surface area contributed by atoms with Crippen LogP contribution in [0.25, 0.3) is 0 Å². The molecule has 2 amide bonds. The van der Waals surface area contributed by atoms with E-state index in [9.17, 15) is 14.2 Å². The summed E-state index contributed by atoms with van der Waals surface area (Å²) in [6, 6.07) is 0. The third kappa shape index (κ3) is 1.96. The van der Waals surface area contributed by atoms with Crippen molar-refractivity contribution in [1.29, 1.82) is 0 Å². The zero-order valence-electron chi connectivity index (χ0n) is 6.10. The molecular formula is C6H6NO4P. The number of hydrogen-bond donors (Lipinski definition) is 0. The fourth-order valence-electron chi connectivity index (χ4n) is 0.821. The summed E-state index contributed by atoms with van der Waals surface area (Å²) in [7, 11) is -0.444. The highest BCUT2D eigenvalue weighted by Crippen LogP contribution is 2.03. The van der Waals surface area contributed by atoms with Crippen LogP contribution in [0.2, 0.25) is 0 Å². The number of carbonyl (C=O) groups is 2. The average Bonchev–Trinajstić information content (AvgIpc) is 2.35. The Labute approximate surface area is 70.3 Å². The molecule has 0 N–H and O–H groups in total. The van der Waals surface area contributed by atoms with Crippen molar-refractivity contribution in [2.75, 3.05) is 13.2 Å². The van der Waals surface area contributed by atoms with Gasteiger partial charge in [0, 0.05) is 12.2 Å². The van der Waals surface area contributed by atoms with Crippen LogP contribution in [0.4, 0.5) is 0 Å². The van der Waals surface area contributed by atoms with E-state index < -0.39 is 8.69 Å². The summed E-state index contributed by atoms with van der Waals surface area (Å²) < 4.78 is 14.2. The van der Waals surface area contributed by atoms with E-state index in [1.807, 2.05) is 0 Å². The van der Waals surface area contributed by atoms with Crippen LogP contribution in [0.1, 0.15) is 0 Å². The van der Waals surface area contributed by atoms with Crippen molar-refractivity contribution in [3.05, 3.63) is 12.2 Å². The normalized spacial score (nSPS) is 16.5. The Hall–Kier alpha value is -1.06. The highest BCUT2D eigenvalue weighted by Gasteiger charge is 2.22. The predicted molar refractivity (Wildman–Crippen MR) is 39.4 cm³/mol. The van der Waals surface area contributed by atoms with Crippen LogP contribution in [0, 0.1) is 0 Å². The number of imide groups is 1. The maximum atomic E-state index is 10.9. The van der Waals surface area contributed by atoms with Gasteiger partial charge in [-0.15, -0.1) is 0 Å². The molecule has 0 saturated heterocycles. The van der Waals surface area contributed by atoms with Gasteiger partial charge < -0.3 is 0 Å². The lowest BCUT2D eigenvalue weighted by Gasteiger charge is -2.11. The average molecular weight is 187 g/mol. The Morgan fingerprint density at radius 3 is 2.42 bits per heavy atom. The molecule has 1 rings (SSSR count). The molecule has 0 unspecified atom stereocenters. The van der Waals surface area contributed by atoms with Crippen molar-refractivity contribution in [2.24, 2.45) is 0 Å². The zero-order valence-corrected chi connectivity index (χ0v) is 6.99. The second kappa shape index (κ2) is 4.09. The van der Waals surface area contributed by atoms with Crippen molar-refractivity contribution in [1.82, 2.24) is 4.90 Å². The Balaban J connectivity index is 2.37. The first-order chi connectivity index (χ1) is 5.75. The molecule has 0 atom stereocenters. The topological polar surface area (TPSA) is 63.7 Å². The highest BCUT2D eigenvalue weighted by atomic mass is 31.1. The summed E-state index contributed by atoms with van der Waals surface area (Å²) in [4.78, 5) is 22.7. The molecule has 1 aliphatic heterocycles. The summed E-state index contributed by atoms with van der Waals surface area (Å²) in [5, 5.41) is 0. The van der Waals surface area contributed by atoms with E-state index >= 15 is 0 Å². The molecular weight excluding hydrogens is 181 g/mol. The van der Waals surface area contributed by atoms with Gasteiger partial charge in [-0.2, -0.15) is 0 Å². The van der Waals surface area contributed by atoms with Crippen molar-refractivity contribution in [3.63, 3.8) is 0 Å². The number of hydrogen-bond acceptors (Lipinski definition) is 4. The Kier molecular flexibility index (Phi) is 3.08. The molecule has 5 nitrogen and oxygen atoms in total. The highest BCUT2D eigenvalue weighted by molar-refractivity contribution is 7.17. The molecule has 1 aliphatic rings. The van der Waals surface area contributed by atoms with Gasteiger partial charge in [-0.25, -0.2) is 4.57 Å². The lowest BCUT2D eigenvalue weighted by Crippen LogP contribution is -2.32. The van der Waals surface area contributed by atoms with Gasteiger partial charge in [-0.1, -0.05) is 0 Å². The van der Waals surface area contributed by atoms with Crippen LogP contribution in [0.5, 0.6) is 0 Å². The molecule has 0 aliphatic carbocycles. The van der Waals surface area contributed by atoms with Crippen LogP contribution in [-0.4, -0.2) is 29.9 Å². The third-order valence-corrected chi connectivity index (χ3v) is 1.65. The van der Waals surface area contributed by atoms with Gasteiger partial charge in [0.05, 0.1) is 13.2 Å². The number of rotatable bonds is 4. The molecule has 0 aromatic carbocycles. The van der Waals surface area contributed by atoms with Crippen LogP contribution in [-0.2, 0) is 18.7 Å². The lowest BCUT2D eigenvalue weighted by atomic mass is 10.5. The van der Waals surface area contributed by atoms with Gasteiger partial charge in [0.15, 0.2) is 0 Å². The standard InChI is InChI=1S/C6H6NO4P/c8-5-1-2-6(9)7(5)3-4-11-12-10/h1-2H,3-4H2. The SMILES string of the molecule is O=POCCN1C(=O)C=CC1=O. The van der Waals surface area contributed by atoms with Gasteiger partial charge in [-0.05, 0) is 0 Å². The van der Waals surface area contributed by atoms with Gasteiger partial charge in [0.2, 0.25) is 0 Å². The van der Waals surface area contributed by atoms with E-state index in [0.717, 1.165) is 4.90 Å². The molecule has 6 heteroatoms. The van der Waals surface area contributed by atoms with E-state index in [2.05, 4.69) is 4.52 Å². The fourth-order valence-corrected chi connectivity index (χ4v) is 0.977. The zero-order chi connectivity index (χ0) is 8.97. The molecule has 0 spiro atoms. The largest absolute Gasteiger partial charge is 0.327 e. The predicted octanol–water partition coefficient (Wildman–Crippen LogP) is 0.135. The van der Waals surface area contributed by atoms with Gasteiger partial charge in [0.1, 0.15) is 0 Å². The minimum Gasteiger partial charge on any atom is -0.293 e. The first-order valence-corrected chi connectivity index (χ1v) is 3.97. The van der Waals surface area contributed by atoms with E-state index in [4.69, 9.17) is 0 Å². The van der Waals surface area contributed by atoms with Crippen molar-refractivity contribution < 1.29 is 18.7 Å². The lowest BCUT2D eigenvalue weighted by molar-refractivity contribution is -0.137. The maximum Gasteiger partial charge on any atom is 0.327 e. The molecule has 0 aromatic heterocycles. The molecule has 1 heterocycles. The Morgan fingerprint density at radius 2 is 1.92 bits per heavy atom. The summed E-state index contributed by atoms with van der Waals surface area (Å²) in [6.45, 7) is 0.226. The van der Waals surface area contributed by atoms with Crippen molar-refractivity contribution in [3.8, 4) is 0 Å². The second-order valence-corrected chi connectivity index (χ2v) is 2.48. The Morgan fingerprint density at radius 1 is 1.33 bits per heavy atom. The van der Waals surface area contributed by atoms with Crippen LogP contribution < -0.4 is 0 Å². The minimum atomic E-state index is -0.444. The van der Waals surface area contributed by atoms with E-state index in [0.29, 0.717) is 0 Å². The molecule has 12 heavy (non-hydrogen) atoms. The van der Waals surface area contributed by atoms with Crippen LogP contribution in [0.3, 0.4) is 0 Å². The quantitative estimate of drug-likeness (QED) is 0.356. The Bertz CT molecular complexity index is 232. The summed E-state index contributed by atoms with van der Waals surface area (Å²) in [5.41, 5.74) is 0. The number of nitrogens with zero attached hydrogens (tertiary/aromatic N) is 1. The molecule has 0 radical (unpaired) electrons. The van der Waals surface area contributed by atoms with E-state index in [1.165, 1.54) is 12.2 Å². The molecule has 0 bridgehead atoms. The summed E-state index contributed by atoms with van der Waals surface area (Å²) in [6.07, 6.45) is 2.38. The third-order valence-electron chi connectivity index (χ3n) is 1.36. The van der Waals surface area contributed by atoms with Crippen LogP contribution in [0.15, 0.2) is 12.2 Å². The first kappa shape index (κ1) is 9.03. The minimum absolute atomic E-state index is 0.0875. The number of amides is 2. The smallest absolute Gasteiger partial charge is 0.293 e. The van der Waals surface area contributed by atoms with Crippen molar-refractivity contribution in [2.45, 2.75) is 0 Å². The van der Waals surface area contributed by atoms with Crippen LogP contribution >= 0.6 is 8.69 Å². The number of carbonyl (C=O) groups excluding carboxylic acids is 2. The van der Waals surface area contributed by atoms with Crippen molar-refractivity contribution >= 4 is 20.5 Å². The van der Waals surface area contributed by atoms with Gasteiger partial charge in [0.25, 0.3) is 11.8 Å². The maximum absolute atomic E-state index is 10.9. The monoisotopic (exact) mass is 187 g/mol.